The average molecular weight is 386 g/mol. The predicted octanol–water partition coefficient (Wildman–Crippen LogP) is 5.30. The number of anilines is 1. The lowest BCUT2D eigenvalue weighted by Crippen LogP contribution is -2.36. The molecule has 0 aromatic heterocycles. The fourth-order valence-electron chi connectivity index (χ4n) is 3.15. The van der Waals surface area contributed by atoms with Gasteiger partial charge in [-0.05, 0) is 62.2 Å². The van der Waals surface area contributed by atoms with Crippen LogP contribution in [0.2, 0.25) is 0 Å². The minimum Gasteiger partial charge on any atom is -0.332 e. The summed E-state index contributed by atoms with van der Waals surface area (Å²) in [7, 11) is 0. The van der Waals surface area contributed by atoms with E-state index in [0.29, 0.717) is 17.7 Å². The van der Waals surface area contributed by atoms with Crippen molar-refractivity contribution in [2.45, 2.75) is 33.4 Å². The van der Waals surface area contributed by atoms with Gasteiger partial charge in [0.05, 0.1) is 0 Å². The molecule has 2 amide bonds. The molecule has 0 fully saturated rings. The molecule has 3 aromatic rings. The maximum atomic E-state index is 13.2. The molecule has 0 spiro atoms. The maximum absolute atomic E-state index is 13.2. The van der Waals surface area contributed by atoms with Crippen molar-refractivity contribution in [3.8, 4) is 0 Å². The molecule has 0 atom stereocenters. The van der Waals surface area contributed by atoms with E-state index >= 15 is 0 Å². The third-order valence-electron chi connectivity index (χ3n) is 4.73. The zero-order valence-corrected chi connectivity index (χ0v) is 17.1. The first-order chi connectivity index (χ1) is 13.9. The molecule has 0 unspecified atom stereocenters. The van der Waals surface area contributed by atoms with Crippen LogP contribution in [0.15, 0.2) is 78.9 Å². The van der Waals surface area contributed by atoms with Crippen molar-refractivity contribution in [3.05, 3.63) is 101 Å². The van der Waals surface area contributed by atoms with Gasteiger partial charge in [-0.15, -0.1) is 0 Å². The van der Waals surface area contributed by atoms with Gasteiger partial charge in [-0.25, -0.2) is 0 Å². The molecule has 0 bridgehead atoms. The van der Waals surface area contributed by atoms with Crippen LogP contribution in [0.3, 0.4) is 0 Å². The largest absolute Gasteiger partial charge is 0.332 e. The second-order valence-corrected chi connectivity index (χ2v) is 7.42. The van der Waals surface area contributed by atoms with E-state index in [1.54, 1.807) is 24.3 Å². The molecule has 148 valence electrons. The monoisotopic (exact) mass is 386 g/mol. The van der Waals surface area contributed by atoms with Gasteiger partial charge >= 0.3 is 0 Å². The standard InChI is InChI=1S/C25H26N2O2/c1-18(2)27(17-20-10-5-4-6-11-20)25(29)22-13-8-12-21(16-22)24(28)26-23-14-7-9-19(3)15-23/h4-16,18H,17H2,1-3H3,(H,26,28). The number of aryl methyl sites for hydroxylation is 1. The normalized spacial score (nSPS) is 10.6. The number of benzene rings is 3. The molecule has 0 aliphatic carbocycles. The van der Waals surface area contributed by atoms with Gasteiger partial charge in [-0.3, -0.25) is 9.59 Å². The molecule has 0 aliphatic heterocycles. The summed E-state index contributed by atoms with van der Waals surface area (Å²) in [6.45, 7) is 6.49. The molecule has 0 heterocycles. The second kappa shape index (κ2) is 9.20. The molecule has 0 radical (unpaired) electrons. The molecule has 4 heteroatoms. The molecule has 0 aliphatic rings. The Kier molecular flexibility index (Phi) is 6.45. The molecule has 0 saturated carbocycles. The van der Waals surface area contributed by atoms with Crippen molar-refractivity contribution in [2.24, 2.45) is 0 Å². The topological polar surface area (TPSA) is 49.4 Å². The van der Waals surface area contributed by atoms with Crippen LogP contribution in [0.1, 0.15) is 45.7 Å². The maximum Gasteiger partial charge on any atom is 0.255 e. The first-order valence-electron chi connectivity index (χ1n) is 9.77. The third-order valence-corrected chi connectivity index (χ3v) is 4.73. The van der Waals surface area contributed by atoms with E-state index in [9.17, 15) is 9.59 Å². The minimum atomic E-state index is -0.232. The lowest BCUT2D eigenvalue weighted by Gasteiger charge is -2.27. The highest BCUT2D eigenvalue weighted by atomic mass is 16.2. The SMILES string of the molecule is Cc1cccc(NC(=O)c2cccc(C(=O)N(Cc3ccccc3)C(C)C)c2)c1. The van der Waals surface area contributed by atoms with Crippen molar-refractivity contribution in [2.75, 3.05) is 5.32 Å². The quantitative estimate of drug-likeness (QED) is 0.625. The molecule has 29 heavy (non-hydrogen) atoms. The Balaban J connectivity index is 1.79. The first-order valence-corrected chi connectivity index (χ1v) is 9.77. The van der Waals surface area contributed by atoms with Gasteiger partial charge in [0.1, 0.15) is 0 Å². The van der Waals surface area contributed by atoms with E-state index in [1.165, 1.54) is 0 Å². The lowest BCUT2D eigenvalue weighted by atomic mass is 10.1. The smallest absolute Gasteiger partial charge is 0.255 e. The number of hydrogen-bond acceptors (Lipinski definition) is 2. The average Bonchev–Trinajstić information content (AvgIpc) is 2.72. The van der Waals surface area contributed by atoms with Gasteiger partial charge in [0.15, 0.2) is 0 Å². The highest BCUT2D eigenvalue weighted by molar-refractivity contribution is 6.06. The molecule has 1 N–H and O–H groups in total. The summed E-state index contributed by atoms with van der Waals surface area (Å²) in [5, 5.41) is 2.89. The van der Waals surface area contributed by atoms with Crippen molar-refractivity contribution >= 4 is 17.5 Å². The fourth-order valence-corrected chi connectivity index (χ4v) is 3.15. The van der Waals surface area contributed by atoms with Gasteiger partial charge in [0.2, 0.25) is 0 Å². The minimum absolute atomic E-state index is 0.0347. The lowest BCUT2D eigenvalue weighted by molar-refractivity contribution is 0.0690. The van der Waals surface area contributed by atoms with Crippen molar-refractivity contribution in [3.63, 3.8) is 0 Å². The number of rotatable bonds is 6. The Morgan fingerprint density at radius 3 is 2.24 bits per heavy atom. The molecule has 0 saturated heterocycles. The number of nitrogens with one attached hydrogen (secondary N) is 1. The summed E-state index contributed by atoms with van der Waals surface area (Å²) in [4.78, 5) is 27.6. The van der Waals surface area contributed by atoms with Crippen LogP contribution in [-0.2, 0) is 6.54 Å². The van der Waals surface area contributed by atoms with Gasteiger partial charge in [0.25, 0.3) is 11.8 Å². The van der Waals surface area contributed by atoms with Crippen LogP contribution in [-0.4, -0.2) is 22.8 Å². The molecular formula is C25H26N2O2. The zero-order valence-electron chi connectivity index (χ0n) is 17.1. The van der Waals surface area contributed by atoms with Crippen LogP contribution in [0.5, 0.6) is 0 Å². The highest BCUT2D eigenvalue weighted by Gasteiger charge is 2.20. The van der Waals surface area contributed by atoms with Crippen molar-refractivity contribution in [1.82, 2.24) is 4.90 Å². The summed E-state index contributed by atoms with van der Waals surface area (Å²) in [6, 6.07) is 24.5. The first kappa shape index (κ1) is 20.3. The summed E-state index contributed by atoms with van der Waals surface area (Å²) in [6.07, 6.45) is 0. The van der Waals surface area contributed by atoms with Crippen LogP contribution in [0, 0.1) is 6.92 Å². The third kappa shape index (κ3) is 5.32. The van der Waals surface area contributed by atoms with E-state index < -0.39 is 0 Å². The highest BCUT2D eigenvalue weighted by Crippen LogP contribution is 2.16. The van der Waals surface area contributed by atoms with Crippen molar-refractivity contribution < 1.29 is 9.59 Å². The Morgan fingerprint density at radius 1 is 0.862 bits per heavy atom. The second-order valence-electron chi connectivity index (χ2n) is 7.42. The Labute approximate surface area is 172 Å². The molecule has 3 aromatic carbocycles. The van der Waals surface area contributed by atoms with Gasteiger partial charge in [0, 0.05) is 29.4 Å². The Morgan fingerprint density at radius 2 is 1.55 bits per heavy atom. The van der Waals surface area contributed by atoms with E-state index in [0.717, 1.165) is 16.8 Å². The van der Waals surface area contributed by atoms with E-state index in [2.05, 4.69) is 5.32 Å². The Bertz CT molecular complexity index is 996. The summed E-state index contributed by atoms with van der Waals surface area (Å²) in [5.74, 6) is -0.321. The number of hydrogen-bond donors (Lipinski definition) is 1. The predicted molar refractivity (Wildman–Crippen MR) is 117 cm³/mol. The summed E-state index contributed by atoms with van der Waals surface area (Å²) >= 11 is 0. The van der Waals surface area contributed by atoms with Gasteiger partial charge in [-0.2, -0.15) is 0 Å². The molecule has 4 nitrogen and oxygen atoms in total. The van der Waals surface area contributed by atoms with E-state index in [-0.39, 0.29) is 17.9 Å². The molecular weight excluding hydrogens is 360 g/mol. The van der Waals surface area contributed by atoms with Crippen LogP contribution in [0.4, 0.5) is 5.69 Å². The number of amides is 2. The Hall–Kier alpha value is -3.40. The van der Waals surface area contributed by atoms with Crippen LogP contribution >= 0.6 is 0 Å². The van der Waals surface area contributed by atoms with E-state index in [4.69, 9.17) is 0 Å². The van der Waals surface area contributed by atoms with Gasteiger partial charge in [-0.1, -0.05) is 48.5 Å². The number of carbonyl (C=O) groups is 2. The van der Waals surface area contributed by atoms with E-state index in [1.807, 2.05) is 80.3 Å². The summed E-state index contributed by atoms with van der Waals surface area (Å²) < 4.78 is 0. The van der Waals surface area contributed by atoms with Crippen LogP contribution in [0.25, 0.3) is 0 Å². The van der Waals surface area contributed by atoms with Gasteiger partial charge < -0.3 is 10.2 Å². The fraction of sp³-hybridized carbons (Fsp3) is 0.200. The number of carbonyl (C=O) groups excluding carboxylic acids is 2. The summed E-state index contributed by atoms with van der Waals surface area (Å²) in [5.41, 5.74) is 3.84. The molecule has 3 rings (SSSR count). The van der Waals surface area contributed by atoms with Crippen LogP contribution < -0.4 is 5.32 Å². The number of nitrogens with zero attached hydrogens (tertiary/aromatic N) is 1. The zero-order chi connectivity index (χ0) is 20.8. The van der Waals surface area contributed by atoms with Crippen molar-refractivity contribution in [1.29, 1.82) is 0 Å².